The van der Waals surface area contributed by atoms with Crippen LogP contribution in [0.15, 0.2) is 53.7 Å². The average Bonchev–Trinajstić information content (AvgIpc) is 3.00. The fraction of sp³-hybridized carbons (Fsp3) is 0.211. The van der Waals surface area contributed by atoms with Crippen molar-refractivity contribution in [1.82, 2.24) is 20.1 Å². The number of hydrogen-bond donors (Lipinski definition) is 1. The van der Waals surface area contributed by atoms with Crippen LogP contribution in [-0.2, 0) is 11.3 Å². The van der Waals surface area contributed by atoms with Crippen LogP contribution in [0.5, 0.6) is 0 Å². The molecule has 0 aliphatic rings. The first-order valence-electron chi connectivity index (χ1n) is 8.17. The Kier molecular flexibility index (Phi) is 5.68. The normalized spacial score (nSPS) is 10.7. The molecule has 1 N–H and O–H groups in total. The molecule has 0 spiro atoms. The molecule has 0 aliphatic carbocycles. The number of para-hydroxylation sites is 1. The van der Waals surface area contributed by atoms with Crippen molar-refractivity contribution in [1.29, 1.82) is 0 Å². The minimum Gasteiger partial charge on any atom is -0.351 e. The topological polar surface area (TPSA) is 59.8 Å². The fourth-order valence-corrected chi connectivity index (χ4v) is 3.37. The lowest BCUT2D eigenvalue weighted by Crippen LogP contribution is -2.25. The zero-order valence-electron chi connectivity index (χ0n) is 14.6. The molecule has 2 aromatic carbocycles. The number of benzene rings is 2. The zero-order valence-corrected chi connectivity index (χ0v) is 15.4. The second kappa shape index (κ2) is 8.14. The Morgan fingerprint density at radius 1 is 1.12 bits per heavy atom. The minimum absolute atomic E-state index is 0.162. The van der Waals surface area contributed by atoms with Gasteiger partial charge in [-0.2, -0.15) is 0 Å². The Balaban J connectivity index is 1.65. The molecular formula is C19H19FN4OS. The molecule has 0 saturated heterocycles. The largest absolute Gasteiger partial charge is 0.351 e. The lowest BCUT2D eigenvalue weighted by Gasteiger charge is -2.11. The van der Waals surface area contributed by atoms with Crippen LogP contribution < -0.4 is 5.32 Å². The summed E-state index contributed by atoms with van der Waals surface area (Å²) in [5, 5.41) is 11.7. The molecule has 0 saturated carbocycles. The van der Waals surface area contributed by atoms with Gasteiger partial charge in [0.2, 0.25) is 5.91 Å². The summed E-state index contributed by atoms with van der Waals surface area (Å²) in [7, 11) is 0. The summed E-state index contributed by atoms with van der Waals surface area (Å²) in [5.41, 5.74) is 2.55. The third kappa shape index (κ3) is 4.11. The van der Waals surface area contributed by atoms with Gasteiger partial charge in [-0.05, 0) is 31.5 Å². The van der Waals surface area contributed by atoms with Crippen molar-refractivity contribution in [2.75, 3.05) is 5.75 Å². The summed E-state index contributed by atoms with van der Waals surface area (Å²) in [6.07, 6.45) is 0. The highest BCUT2D eigenvalue weighted by Gasteiger charge is 2.14. The van der Waals surface area contributed by atoms with E-state index in [0.29, 0.717) is 10.7 Å². The second-order valence-corrected chi connectivity index (χ2v) is 6.75. The number of amides is 1. The molecule has 1 aromatic heterocycles. The number of nitrogens with zero attached hydrogens (tertiary/aromatic N) is 3. The highest BCUT2D eigenvalue weighted by molar-refractivity contribution is 7.99. The van der Waals surface area contributed by atoms with E-state index >= 15 is 0 Å². The van der Waals surface area contributed by atoms with Crippen LogP contribution in [-0.4, -0.2) is 26.4 Å². The number of nitrogens with one attached hydrogen (secondary N) is 1. The van der Waals surface area contributed by atoms with E-state index in [9.17, 15) is 9.18 Å². The highest BCUT2D eigenvalue weighted by Crippen LogP contribution is 2.23. The molecule has 3 aromatic rings. The van der Waals surface area contributed by atoms with Crippen LogP contribution in [0.4, 0.5) is 4.39 Å². The van der Waals surface area contributed by atoms with E-state index in [1.807, 2.05) is 42.7 Å². The maximum Gasteiger partial charge on any atom is 0.230 e. The van der Waals surface area contributed by atoms with Gasteiger partial charge < -0.3 is 5.32 Å². The van der Waals surface area contributed by atoms with Crippen LogP contribution in [0.1, 0.15) is 17.0 Å². The van der Waals surface area contributed by atoms with Crippen LogP contribution in [0.2, 0.25) is 0 Å². The van der Waals surface area contributed by atoms with Crippen LogP contribution >= 0.6 is 11.8 Å². The van der Waals surface area contributed by atoms with E-state index in [4.69, 9.17) is 0 Å². The number of aromatic nitrogens is 3. The number of carbonyl (C=O) groups excluding carboxylic acids is 1. The standard InChI is InChI=1S/C19H19FN4OS/c1-13-7-3-6-10-17(13)24-14(2)22-23-19(24)26-12-18(25)21-11-15-8-4-5-9-16(15)20/h3-10H,11-12H2,1-2H3,(H,21,25). The minimum atomic E-state index is -0.324. The molecule has 0 fully saturated rings. The number of aryl methyl sites for hydroxylation is 2. The molecule has 26 heavy (non-hydrogen) atoms. The number of hydrogen-bond acceptors (Lipinski definition) is 4. The number of carbonyl (C=O) groups is 1. The molecule has 134 valence electrons. The van der Waals surface area contributed by atoms with E-state index in [-0.39, 0.29) is 24.0 Å². The van der Waals surface area contributed by atoms with Gasteiger partial charge in [-0.1, -0.05) is 48.2 Å². The maximum absolute atomic E-state index is 13.6. The lowest BCUT2D eigenvalue weighted by molar-refractivity contribution is -0.118. The van der Waals surface area contributed by atoms with E-state index in [0.717, 1.165) is 17.1 Å². The molecular weight excluding hydrogens is 351 g/mol. The quantitative estimate of drug-likeness (QED) is 0.676. The molecule has 0 aliphatic heterocycles. The lowest BCUT2D eigenvalue weighted by atomic mass is 10.2. The van der Waals surface area contributed by atoms with Crippen molar-refractivity contribution >= 4 is 17.7 Å². The summed E-state index contributed by atoms with van der Waals surface area (Å²) in [6.45, 7) is 4.06. The molecule has 1 heterocycles. The Labute approximate surface area is 155 Å². The molecule has 5 nitrogen and oxygen atoms in total. The van der Waals surface area contributed by atoms with Crippen molar-refractivity contribution in [3.63, 3.8) is 0 Å². The van der Waals surface area contributed by atoms with Gasteiger partial charge in [0.25, 0.3) is 0 Å². The van der Waals surface area contributed by atoms with Crippen LogP contribution in [0, 0.1) is 19.7 Å². The van der Waals surface area contributed by atoms with E-state index in [2.05, 4.69) is 15.5 Å². The van der Waals surface area contributed by atoms with Gasteiger partial charge in [-0.15, -0.1) is 10.2 Å². The van der Waals surface area contributed by atoms with Crippen LogP contribution in [0.25, 0.3) is 5.69 Å². The molecule has 0 unspecified atom stereocenters. The molecule has 0 atom stereocenters. The van der Waals surface area contributed by atoms with Crippen molar-refractivity contribution in [3.05, 3.63) is 71.3 Å². The molecule has 7 heteroatoms. The Morgan fingerprint density at radius 2 is 1.85 bits per heavy atom. The molecule has 0 radical (unpaired) electrons. The molecule has 1 amide bonds. The number of rotatable bonds is 6. The number of halogens is 1. The fourth-order valence-electron chi connectivity index (χ4n) is 2.54. The number of thioether (sulfide) groups is 1. The first-order valence-corrected chi connectivity index (χ1v) is 9.15. The van der Waals surface area contributed by atoms with Gasteiger partial charge >= 0.3 is 0 Å². The van der Waals surface area contributed by atoms with Gasteiger partial charge in [0.1, 0.15) is 11.6 Å². The van der Waals surface area contributed by atoms with E-state index < -0.39 is 0 Å². The third-order valence-corrected chi connectivity index (χ3v) is 4.85. The molecule has 3 rings (SSSR count). The summed E-state index contributed by atoms with van der Waals surface area (Å²) in [5.74, 6) is 0.428. The van der Waals surface area contributed by atoms with Gasteiger partial charge in [-0.25, -0.2) is 4.39 Å². The monoisotopic (exact) mass is 370 g/mol. The summed E-state index contributed by atoms with van der Waals surface area (Å²) >= 11 is 1.30. The van der Waals surface area contributed by atoms with Gasteiger partial charge in [-0.3, -0.25) is 9.36 Å². The zero-order chi connectivity index (χ0) is 18.5. The van der Waals surface area contributed by atoms with Crippen molar-refractivity contribution in [2.24, 2.45) is 0 Å². The summed E-state index contributed by atoms with van der Waals surface area (Å²) in [6, 6.07) is 14.3. The third-order valence-electron chi connectivity index (χ3n) is 3.92. The van der Waals surface area contributed by atoms with Gasteiger partial charge in [0, 0.05) is 12.1 Å². The first-order chi connectivity index (χ1) is 12.6. The predicted octanol–water partition coefficient (Wildman–Crippen LogP) is 3.43. The maximum atomic E-state index is 13.6. The highest BCUT2D eigenvalue weighted by atomic mass is 32.2. The van der Waals surface area contributed by atoms with Gasteiger partial charge in [0.05, 0.1) is 11.4 Å². The van der Waals surface area contributed by atoms with Crippen molar-refractivity contribution in [2.45, 2.75) is 25.5 Å². The Hall–Kier alpha value is -2.67. The average molecular weight is 370 g/mol. The summed E-state index contributed by atoms with van der Waals surface area (Å²) in [4.78, 5) is 12.1. The first kappa shape index (κ1) is 18.1. The van der Waals surface area contributed by atoms with Crippen LogP contribution in [0.3, 0.4) is 0 Å². The van der Waals surface area contributed by atoms with Crippen molar-refractivity contribution in [3.8, 4) is 5.69 Å². The van der Waals surface area contributed by atoms with E-state index in [1.54, 1.807) is 18.2 Å². The smallest absolute Gasteiger partial charge is 0.230 e. The Bertz CT molecular complexity index is 925. The SMILES string of the molecule is Cc1ccccc1-n1c(C)nnc1SCC(=O)NCc1ccccc1F. The van der Waals surface area contributed by atoms with Gasteiger partial charge in [0.15, 0.2) is 5.16 Å². The predicted molar refractivity (Wildman–Crippen MR) is 99.8 cm³/mol. The second-order valence-electron chi connectivity index (χ2n) is 5.81. The van der Waals surface area contributed by atoms with Crippen molar-refractivity contribution < 1.29 is 9.18 Å². The molecule has 0 bridgehead atoms. The van der Waals surface area contributed by atoms with E-state index in [1.165, 1.54) is 17.8 Å². The Morgan fingerprint density at radius 3 is 2.62 bits per heavy atom. The summed E-state index contributed by atoms with van der Waals surface area (Å²) < 4.78 is 15.5.